The maximum Gasteiger partial charge on any atom is 0.265 e. The molecule has 2 aromatic carbocycles. The maximum absolute atomic E-state index is 12.4. The average molecular weight is 781 g/mol. The Labute approximate surface area is 321 Å². The van der Waals surface area contributed by atoms with Gasteiger partial charge in [-0.2, -0.15) is 26.1 Å². The third-order valence-electron chi connectivity index (χ3n) is 9.06. The Morgan fingerprint density at radius 2 is 1.49 bits per heavy atom. The molecule has 0 unspecified atom stereocenters. The molecule has 2 aliphatic rings. The van der Waals surface area contributed by atoms with Crippen LogP contribution in [-0.4, -0.2) is 48.9 Å². The van der Waals surface area contributed by atoms with Gasteiger partial charge in [0.2, 0.25) is 11.9 Å². The number of hydrogen-bond acceptors (Lipinski definition) is 7. The summed E-state index contributed by atoms with van der Waals surface area (Å²) in [5, 5.41) is 12.4. The second kappa shape index (κ2) is 17.7. The molecule has 13 heteroatoms. The lowest BCUT2D eigenvalue weighted by Crippen LogP contribution is -2.38. The van der Waals surface area contributed by atoms with Crippen molar-refractivity contribution in [2.75, 3.05) is 18.1 Å². The maximum atomic E-state index is 12.4. The zero-order valence-corrected chi connectivity index (χ0v) is 31.6. The van der Waals surface area contributed by atoms with Gasteiger partial charge in [0.1, 0.15) is 12.3 Å². The van der Waals surface area contributed by atoms with E-state index in [0.717, 1.165) is 44.8 Å². The molecule has 0 amide bonds. The summed E-state index contributed by atoms with van der Waals surface area (Å²) in [6, 6.07) is 28.8. The SMILES string of the molecule is O=S(=O)(O)CCCN1C=CC=C/C1=C(/C=C1\CCC(/C=C(\c2ccccc2)c2cccc[n+]2CCCS(=O)(=O)O)=C1Oc1ccc[n+]([O-])c1)c1ccccc1. The summed E-state index contributed by atoms with van der Waals surface area (Å²) in [6.07, 6.45) is 18.0. The highest BCUT2D eigenvalue weighted by atomic mass is 32.2. The Balaban J connectivity index is 1.52. The van der Waals surface area contributed by atoms with Crippen LogP contribution in [0.5, 0.6) is 5.75 Å². The topological polar surface area (TPSA) is 152 Å². The Hall–Kier alpha value is -5.60. The summed E-state index contributed by atoms with van der Waals surface area (Å²) in [5.74, 6) is 0.203. The van der Waals surface area contributed by atoms with Gasteiger partial charge in [-0.05, 0) is 78.0 Å². The van der Waals surface area contributed by atoms with Crippen LogP contribution in [0, 0.1) is 5.21 Å². The van der Waals surface area contributed by atoms with E-state index in [1.807, 2.05) is 119 Å². The lowest BCUT2D eigenvalue weighted by atomic mass is 9.97. The Kier molecular flexibility index (Phi) is 12.6. The van der Waals surface area contributed by atoms with Gasteiger partial charge in [-0.15, -0.1) is 0 Å². The van der Waals surface area contributed by atoms with E-state index in [1.165, 1.54) is 12.4 Å². The van der Waals surface area contributed by atoms with Crippen molar-refractivity contribution in [3.05, 3.63) is 191 Å². The highest BCUT2D eigenvalue weighted by Gasteiger charge is 2.26. The Bertz CT molecular complexity index is 2420. The van der Waals surface area contributed by atoms with Gasteiger partial charge in [0, 0.05) is 48.6 Å². The van der Waals surface area contributed by atoms with Crippen LogP contribution in [-0.2, 0) is 26.8 Å². The van der Waals surface area contributed by atoms with Crippen LogP contribution in [0.3, 0.4) is 0 Å². The van der Waals surface area contributed by atoms with Crippen molar-refractivity contribution in [2.24, 2.45) is 0 Å². The molecule has 1 aliphatic carbocycles. The zero-order valence-electron chi connectivity index (χ0n) is 30.0. The molecule has 0 fully saturated rings. The number of hydrogen-bond donors (Lipinski definition) is 2. The summed E-state index contributed by atoms with van der Waals surface area (Å²) in [6.45, 7) is 0.690. The largest absolute Gasteiger partial charge is 0.619 e. The molecule has 0 bridgehead atoms. The molecule has 4 aromatic rings. The van der Waals surface area contributed by atoms with Crippen LogP contribution in [0.4, 0.5) is 0 Å². The van der Waals surface area contributed by atoms with E-state index < -0.39 is 20.2 Å². The number of nitrogens with zero attached hydrogens (tertiary/aromatic N) is 3. The van der Waals surface area contributed by atoms with Crippen molar-refractivity contribution in [1.82, 2.24) is 4.90 Å². The van der Waals surface area contributed by atoms with E-state index in [2.05, 4.69) is 12.2 Å². The van der Waals surface area contributed by atoms with Crippen molar-refractivity contribution in [2.45, 2.75) is 32.2 Å². The van der Waals surface area contributed by atoms with Gasteiger partial charge in [0.25, 0.3) is 20.2 Å². The van der Waals surface area contributed by atoms with Gasteiger partial charge in [0.15, 0.2) is 18.1 Å². The molecular formula is C42H42N3O8S2+. The number of allylic oxidation sites excluding steroid dienone is 8. The summed E-state index contributed by atoms with van der Waals surface area (Å²) in [7, 11) is -8.26. The molecule has 0 atom stereocenters. The summed E-state index contributed by atoms with van der Waals surface area (Å²) in [5.41, 5.74) is 6.99. The van der Waals surface area contributed by atoms with Crippen LogP contribution in [0.2, 0.25) is 0 Å². The summed E-state index contributed by atoms with van der Waals surface area (Å²) in [4.78, 5) is 1.96. The molecule has 0 radical (unpaired) electrons. The molecule has 11 nitrogen and oxygen atoms in total. The highest BCUT2D eigenvalue weighted by molar-refractivity contribution is 7.86. The monoisotopic (exact) mass is 780 g/mol. The molecule has 0 saturated heterocycles. The van der Waals surface area contributed by atoms with Gasteiger partial charge >= 0.3 is 0 Å². The van der Waals surface area contributed by atoms with E-state index >= 15 is 0 Å². The first-order valence-corrected chi connectivity index (χ1v) is 21.0. The van der Waals surface area contributed by atoms with Crippen LogP contribution >= 0.6 is 0 Å². The van der Waals surface area contributed by atoms with Crippen LogP contribution < -0.4 is 14.0 Å². The van der Waals surface area contributed by atoms with Gasteiger partial charge in [-0.1, -0.05) is 66.7 Å². The third kappa shape index (κ3) is 11.0. The molecule has 6 rings (SSSR count). The second-order valence-corrected chi connectivity index (χ2v) is 16.2. The lowest BCUT2D eigenvalue weighted by molar-refractivity contribution is -0.698. The van der Waals surface area contributed by atoms with Gasteiger partial charge in [-0.3, -0.25) is 9.11 Å². The second-order valence-electron chi connectivity index (χ2n) is 13.1. The van der Waals surface area contributed by atoms with Gasteiger partial charge in [0.05, 0.1) is 17.1 Å². The van der Waals surface area contributed by atoms with E-state index in [9.17, 15) is 31.1 Å². The molecule has 3 heterocycles. The van der Waals surface area contributed by atoms with Gasteiger partial charge < -0.3 is 14.8 Å². The number of aryl methyl sites for hydroxylation is 1. The van der Waals surface area contributed by atoms with E-state index in [1.54, 1.807) is 12.1 Å². The third-order valence-corrected chi connectivity index (χ3v) is 10.7. The Morgan fingerprint density at radius 1 is 0.800 bits per heavy atom. The molecule has 284 valence electrons. The quantitative estimate of drug-likeness (QED) is 0.0789. The van der Waals surface area contributed by atoms with E-state index in [4.69, 9.17) is 4.74 Å². The number of ether oxygens (including phenoxy) is 1. The average Bonchev–Trinajstić information content (AvgIpc) is 3.53. The number of pyridine rings is 2. The van der Waals surface area contributed by atoms with Crippen molar-refractivity contribution in [3.8, 4) is 5.75 Å². The van der Waals surface area contributed by atoms with E-state index in [-0.39, 0.29) is 24.3 Å². The minimum Gasteiger partial charge on any atom is -0.619 e. The fraction of sp³-hybridized carbons (Fsp3) is 0.190. The first-order chi connectivity index (χ1) is 26.4. The smallest absolute Gasteiger partial charge is 0.265 e. The summed E-state index contributed by atoms with van der Waals surface area (Å²) >= 11 is 0. The molecule has 55 heavy (non-hydrogen) atoms. The minimum atomic E-state index is -4.13. The van der Waals surface area contributed by atoms with Crippen LogP contribution in [0.25, 0.3) is 11.1 Å². The molecular weight excluding hydrogens is 739 g/mol. The van der Waals surface area contributed by atoms with Crippen LogP contribution in [0.1, 0.15) is 42.5 Å². The molecule has 1 aliphatic heterocycles. The lowest BCUT2D eigenvalue weighted by Gasteiger charge is -2.26. The van der Waals surface area contributed by atoms with Crippen molar-refractivity contribution < 1.29 is 40.0 Å². The fourth-order valence-electron chi connectivity index (χ4n) is 6.58. The molecule has 0 spiro atoms. The Morgan fingerprint density at radius 3 is 2.20 bits per heavy atom. The number of aromatic nitrogens is 2. The molecule has 2 aromatic heterocycles. The van der Waals surface area contributed by atoms with Crippen molar-refractivity contribution in [3.63, 3.8) is 0 Å². The molecule has 2 N–H and O–H groups in total. The highest BCUT2D eigenvalue weighted by Crippen LogP contribution is 2.39. The fourth-order valence-corrected chi connectivity index (χ4v) is 7.57. The van der Waals surface area contributed by atoms with E-state index in [0.29, 0.717) is 42.2 Å². The van der Waals surface area contributed by atoms with Crippen LogP contribution in [0.15, 0.2) is 169 Å². The first-order valence-electron chi connectivity index (χ1n) is 17.8. The van der Waals surface area contributed by atoms with Gasteiger partial charge in [-0.25, -0.2) is 0 Å². The normalized spacial score (nSPS) is 16.6. The predicted octanol–water partition coefficient (Wildman–Crippen LogP) is 6.45. The first kappa shape index (κ1) is 39.1. The predicted molar refractivity (Wildman–Crippen MR) is 211 cm³/mol. The zero-order chi connectivity index (χ0) is 38.8. The van der Waals surface area contributed by atoms with Crippen molar-refractivity contribution >= 4 is 31.4 Å². The standard InChI is InChI=1S/C42H41N3O8S2/c46-45-27-11-18-37(32-45)53-42-35(30-38(33-14-3-1-4-15-33)40-19-7-9-23-43(40)25-12-28-54(47,48)49)21-22-36(42)31-39(34-16-5-2-6-17-34)41-20-8-10-24-44(41)26-13-29-55(50,51)52/h1-11,14-20,23-24,27,30-32H,12-13,21-22,25-26,28-29H2,(H-,47,48,49,50,51,52)/p+1. The number of rotatable bonds is 15. The minimum absolute atomic E-state index is 0.211. The molecule has 0 saturated carbocycles. The summed E-state index contributed by atoms with van der Waals surface area (Å²) < 4.78 is 74.2. The number of benzene rings is 2. The van der Waals surface area contributed by atoms with Crippen molar-refractivity contribution in [1.29, 1.82) is 0 Å².